The van der Waals surface area contributed by atoms with Crippen molar-refractivity contribution in [1.82, 2.24) is 8.87 Å². The van der Waals surface area contributed by atoms with Gasteiger partial charge in [-0.25, -0.2) is 8.42 Å². The Morgan fingerprint density at radius 1 is 0.938 bits per heavy atom. The molecule has 166 valence electrons. The maximum atomic E-state index is 12.9. The van der Waals surface area contributed by atoms with Crippen LogP contribution in [0.15, 0.2) is 70.3 Å². The first-order valence-corrected chi connectivity index (χ1v) is 13.4. The fourth-order valence-corrected chi connectivity index (χ4v) is 7.67. The lowest BCUT2D eigenvalue weighted by molar-refractivity contribution is 0.320. The van der Waals surface area contributed by atoms with Crippen molar-refractivity contribution in [3.8, 4) is 0 Å². The largest absolute Gasteiger partial charge is 0.340 e. The number of aryl methyl sites for hydroxylation is 1. The van der Waals surface area contributed by atoms with Gasteiger partial charge in [0, 0.05) is 36.2 Å². The van der Waals surface area contributed by atoms with E-state index in [2.05, 4.69) is 66.9 Å². The van der Waals surface area contributed by atoms with Gasteiger partial charge in [-0.05, 0) is 66.8 Å². The summed E-state index contributed by atoms with van der Waals surface area (Å²) in [6, 6.07) is 20.7. The molecule has 0 amide bonds. The standard InChI is InChI=1S/C26H28N2O2S2/c1-19-8-3-4-9-22(19)18-28-20(2)26(23-10-5-6-11-24(23)28)21-13-15-27(16-14-21)32(29,30)25-12-7-17-31-25/h3-12,17,21H,13-16,18H2,1-2H3. The molecule has 5 rings (SSSR count). The summed E-state index contributed by atoms with van der Waals surface area (Å²) in [7, 11) is -3.37. The van der Waals surface area contributed by atoms with E-state index in [0.717, 1.165) is 19.4 Å². The Balaban J connectivity index is 1.46. The Labute approximate surface area is 194 Å². The van der Waals surface area contributed by atoms with Crippen LogP contribution in [0.1, 0.15) is 41.1 Å². The van der Waals surface area contributed by atoms with E-state index in [1.807, 2.05) is 5.38 Å². The maximum Gasteiger partial charge on any atom is 0.252 e. The zero-order chi connectivity index (χ0) is 22.3. The first kappa shape index (κ1) is 21.4. The number of thiophene rings is 1. The third-order valence-corrected chi connectivity index (χ3v) is 10.1. The van der Waals surface area contributed by atoms with Crippen molar-refractivity contribution >= 4 is 32.3 Å². The highest BCUT2D eigenvalue weighted by Gasteiger charge is 2.32. The van der Waals surface area contributed by atoms with Crippen LogP contribution in [-0.2, 0) is 16.6 Å². The molecule has 0 atom stereocenters. The van der Waals surface area contributed by atoms with E-state index in [-0.39, 0.29) is 0 Å². The molecule has 2 aromatic carbocycles. The predicted molar refractivity (Wildman–Crippen MR) is 132 cm³/mol. The van der Waals surface area contributed by atoms with Gasteiger partial charge in [0.05, 0.1) is 0 Å². The van der Waals surface area contributed by atoms with Crippen molar-refractivity contribution in [1.29, 1.82) is 0 Å². The summed E-state index contributed by atoms with van der Waals surface area (Å²) in [5.74, 6) is 0.368. The van der Waals surface area contributed by atoms with Gasteiger partial charge in [0.15, 0.2) is 0 Å². The average molecular weight is 465 g/mol. The van der Waals surface area contributed by atoms with Crippen LogP contribution in [-0.4, -0.2) is 30.4 Å². The Hall–Kier alpha value is -2.41. The summed E-state index contributed by atoms with van der Waals surface area (Å²) in [5.41, 5.74) is 6.59. The van der Waals surface area contributed by atoms with E-state index in [9.17, 15) is 8.42 Å². The second kappa shape index (κ2) is 8.50. The number of benzene rings is 2. The number of nitrogens with zero attached hydrogens (tertiary/aromatic N) is 2. The number of rotatable bonds is 5. The van der Waals surface area contributed by atoms with Gasteiger partial charge in [-0.15, -0.1) is 11.3 Å². The molecule has 1 aliphatic rings. The number of hydrogen-bond donors (Lipinski definition) is 0. The maximum absolute atomic E-state index is 12.9. The monoisotopic (exact) mass is 464 g/mol. The van der Waals surface area contributed by atoms with Crippen molar-refractivity contribution in [2.75, 3.05) is 13.1 Å². The van der Waals surface area contributed by atoms with E-state index >= 15 is 0 Å². The Morgan fingerprint density at radius 3 is 2.38 bits per heavy atom. The molecule has 0 saturated carbocycles. The zero-order valence-corrected chi connectivity index (χ0v) is 20.1. The number of hydrogen-bond acceptors (Lipinski definition) is 3. The molecule has 1 aliphatic heterocycles. The van der Waals surface area contributed by atoms with Gasteiger partial charge in [-0.3, -0.25) is 0 Å². The molecule has 0 spiro atoms. The minimum absolute atomic E-state index is 0.368. The van der Waals surface area contributed by atoms with Crippen LogP contribution < -0.4 is 0 Å². The van der Waals surface area contributed by atoms with E-state index in [0.29, 0.717) is 23.2 Å². The first-order valence-electron chi connectivity index (χ1n) is 11.1. The number of sulfonamides is 1. The molecule has 4 aromatic rings. The molecule has 3 heterocycles. The minimum Gasteiger partial charge on any atom is -0.340 e. The normalized spacial score (nSPS) is 16.1. The summed E-state index contributed by atoms with van der Waals surface area (Å²) in [5, 5.41) is 3.13. The van der Waals surface area contributed by atoms with E-state index in [1.165, 1.54) is 44.6 Å². The van der Waals surface area contributed by atoms with Gasteiger partial charge in [-0.1, -0.05) is 48.5 Å². The van der Waals surface area contributed by atoms with E-state index < -0.39 is 10.0 Å². The molecule has 6 heteroatoms. The van der Waals surface area contributed by atoms with Crippen LogP contribution in [0.3, 0.4) is 0 Å². The van der Waals surface area contributed by atoms with Crippen molar-refractivity contribution in [3.05, 3.63) is 88.4 Å². The molecule has 1 fully saturated rings. The fourth-order valence-electron chi connectivity index (χ4n) is 5.06. The number of fused-ring (bicyclic) bond motifs is 1. The van der Waals surface area contributed by atoms with Crippen LogP contribution in [0.4, 0.5) is 0 Å². The molecule has 0 N–H and O–H groups in total. The number of piperidine rings is 1. The van der Waals surface area contributed by atoms with Crippen LogP contribution in [0.25, 0.3) is 10.9 Å². The van der Waals surface area contributed by atoms with Crippen molar-refractivity contribution in [2.45, 2.75) is 43.4 Å². The lowest BCUT2D eigenvalue weighted by Crippen LogP contribution is -2.37. The number of aromatic nitrogens is 1. The molecular weight excluding hydrogens is 436 g/mol. The molecule has 0 radical (unpaired) electrons. The molecule has 0 bridgehead atoms. The summed E-state index contributed by atoms with van der Waals surface area (Å²) in [6.07, 6.45) is 1.70. The van der Waals surface area contributed by atoms with Crippen LogP contribution >= 0.6 is 11.3 Å². The second-order valence-corrected chi connectivity index (χ2v) is 11.8. The molecule has 2 aromatic heterocycles. The second-order valence-electron chi connectivity index (χ2n) is 8.64. The molecule has 1 saturated heterocycles. The van der Waals surface area contributed by atoms with E-state index in [1.54, 1.807) is 16.4 Å². The Kier molecular flexibility index (Phi) is 5.70. The highest BCUT2D eigenvalue weighted by molar-refractivity contribution is 7.91. The smallest absolute Gasteiger partial charge is 0.252 e. The van der Waals surface area contributed by atoms with Crippen LogP contribution in [0.5, 0.6) is 0 Å². The summed E-state index contributed by atoms with van der Waals surface area (Å²) in [4.78, 5) is 0. The third kappa shape index (κ3) is 3.70. The quantitative estimate of drug-likeness (QED) is 0.367. The van der Waals surface area contributed by atoms with Gasteiger partial charge in [0.1, 0.15) is 4.21 Å². The topological polar surface area (TPSA) is 42.3 Å². The Morgan fingerprint density at radius 2 is 1.66 bits per heavy atom. The summed E-state index contributed by atoms with van der Waals surface area (Å²) in [6.45, 7) is 6.39. The minimum atomic E-state index is -3.37. The zero-order valence-electron chi connectivity index (χ0n) is 18.5. The molecular formula is C26H28N2O2S2. The van der Waals surface area contributed by atoms with Crippen molar-refractivity contribution in [2.24, 2.45) is 0 Å². The summed E-state index contributed by atoms with van der Waals surface area (Å²) < 4.78 is 30.4. The SMILES string of the molecule is Cc1ccccc1Cn1c(C)c(C2CCN(S(=O)(=O)c3cccs3)CC2)c2ccccc21. The molecule has 4 nitrogen and oxygen atoms in total. The number of para-hydroxylation sites is 1. The van der Waals surface area contributed by atoms with Crippen LogP contribution in [0.2, 0.25) is 0 Å². The van der Waals surface area contributed by atoms with Gasteiger partial charge in [0.25, 0.3) is 10.0 Å². The molecule has 32 heavy (non-hydrogen) atoms. The van der Waals surface area contributed by atoms with Crippen molar-refractivity contribution in [3.63, 3.8) is 0 Å². The Bertz CT molecular complexity index is 1350. The highest BCUT2D eigenvalue weighted by Crippen LogP contribution is 2.39. The summed E-state index contributed by atoms with van der Waals surface area (Å²) >= 11 is 1.30. The first-order chi connectivity index (χ1) is 15.5. The lowest BCUT2D eigenvalue weighted by atomic mass is 9.88. The molecule has 0 unspecified atom stereocenters. The van der Waals surface area contributed by atoms with Gasteiger partial charge in [0.2, 0.25) is 0 Å². The van der Waals surface area contributed by atoms with E-state index in [4.69, 9.17) is 0 Å². The van der Waals surface area contributed by atoms with Gasteiger partial charge < -0.3 is 4.57 Å². The third-order valence-electron chi connectivity index (χ3n) is 6.82. The highest BCUT2D eigenvalue weighted by atomic mass is 32.2. The predicted octanol–water partition coefficient (Wildman–Crippen LogP) is 5.94. The average Bonchev–Trinajstić information content (AvgIpc) is 3.43. The van der Waals surface area contributed by atoms with Crippen LogP contribution in [0, 0.1) is 13.8 Å². The fraction of sp³-hybridized carbons (Fsp3) is 0.308. The molecule has 0 aliphatic carbocycles. The van der Waals surface area contributed by atoms with Gasteiger partial charge >= 0.3 is 0 Å². The van der Waals surface area contributed by atoms with Gasteiger partial charge in [-0.2, -0.15) is 4.31 Å². The lowest BCUT2D eigenvalue weighted by Gasteiger charge is -2.31. The van der Waals surface area contributed by atoms with Crippen molar-refractivity contribution < 1.29 is 8.42 Å².